The van der Waals surface area contributed by atoms with E-state index in [2.05, 4.69) is 20.8 Å². The largest absolute Gasteiger partial charge is 0.491 e. The maximum Gasteiger partial charge on any atom is 0.270 e. The van der Waals surface area contributed by atoms with E-state index in [1.165, 1.54) is 0 Å². The van der Waals surface area contributed by atoms with Crippen LogP contribution in [0.4, 0.5) is 11.4 Å². The van der Waals surface area contributed by atoms with Gasteiger partial charge in [0.2, 0.25) is 0 Å². The minimum atomic E-state index is -0.116. The van der Waals surface area contributed by atoms with Crippen molar-refractivity contribution in [3.05, 3.63) is 60.9 Å². The maximum absolute atomic E-state index is 9.19. The zero-order chi connectivity index (χ0) is 17.3. The summed E-state index contributed by atoms with van der Waals surface area (Å²) in [6, 6.07) is 16.4. The van der Waals surface area contributed by atoms with E-state index < -0.39 is 0 Å². The highest BCUT2D eigenvalue weighted by atomic mass is 16.5. The molecule has 0 radical (unpaired) electrons. The second-order valence-electron chi connectivity index (χ2n) is 4.95. The molecule has 1 N–H and O–H groups in total. The average Bonchev–Trinajstić information content (AvgIpc) is 2.66. The number of hydrogen-bond acceptors (Lipinski definition) is 7. The van der Waals surface area contributed by atoms with Gasteiger partial charge in [0.1, 0.15) is 17.5 Å². The van der Waals surface area contributed by atoms with Crippen molar-refractivity contribution >= 4 is 17.2 Å². The first-order chi connectivity index (χ1) is 12.4. The first-order valence-electron chi connectivity index (χ1n) is 7.65. The topological polar surface area (TPSA) is 91.4 Å². The number of para-hydroxylation sites is 3. The van der Waals surface area contributed by atoms with Gasteiger partial charge in [0, 0.05) is 6.42 Å². The predicted molar refractivity (Wildman–Crippen MR) is 94.0 cm³/mol. The summed E-state index contributed by atoms with van der Waals surface area (Å²) in [6.07, 6.45) is 4.12. The summed E-state index contributed by atoms with van der Waals surface area (Å²) < 4.78 is 11.3. The first-order valence-corrected chi connectivity index (χ1v) is 7.65. The van der Waals surface area contributed by atoms with Crippen LogP contribution in [0.2, 0.25) is 0 Å². The Morgan fingerprint density at radius 1 is 1.00 bits per heavy atom. The quantitative estimate of drug-likeness (QED) is 0.773. The molecular formula is C18H15N5O2. The number of amidine groups is 1. The maximum atomic E-state index is 9.19. The lowest BCUT2D eigenvalue weighted by molar-refractivity contribution is 0.325. The van der Waals surface area contributed by atoms with Crippen molar-refractivity contribution in [2.75, 3.05) is 12.0 Å². The van der Waals surface area contributed by atoms with Crippen LogP contribution in [-0.2, 0) is 0 Å². The third-order valence-corrected chi connectivity index (χ3v) is 3.22. The number of benzene rings is 2. The minimum Gasteiger partial charge on any atom is -0.491 e. The van der Waals surface area contributed by atoms with E-state index in [1.54, 1.807) is 24.5 Å². The van der Waals surface area contributed by atoms with E-state index >= 15 is 0 Å². The molecule has 25 heavy (non-hydrogen) atoms. The van der Waals surface area contributed by atoms with Crippen LogP contribution in [0.1, 0.15) is 6.42 Å². The highest BCUT2D eigenvalue weighted by Crippen LogP contribution is 2.28. The van der Waals surface area contributed by atoms with E-state index in [9.17, 15) is 5.26 Å². The summed E-state index contributed by atoms with van der Waals surface area (Å²) in [4.78, 5) is 0. The number of hydrogen-bond donors (Lipinski definition) is 1. The van der Waals surface area contributed by atoms with Gasteiger partial charge < -0.3 is 9.47 Å². The summed E-state index contributed by atoms with van der Waals surface area (Å²) in [5.74, 6) is 1.05. The van der Waals surface area contributed by atoms with Gasteiger partial charge >= 0.3 is 0 Å². The van der Waals surface area contributed by atoms with Crippen molar-refractivity contribution in [1.29, 1.82) is 5.26 Å². The van der Waals surface area contributed by atoms with Crippen LogP contribution in [0.3, 0.4) is 0 Å². The van der Waals surface area contributed by atoms with Crippen LogP contribution in [0.5, 0.6) is 11.5 Å². The molecular weight excluding hydrogens is 318 g/mol. The molecule has 0 spiro atoms. The van der Waals surface area contributed by atoms with E-state index in [0.717, 1.165) is 0 Å². The Kier molecular flexibility index (Phi) is 5.36. The molecule has 7 nitrogen and oxygen atoms in total. The molecule has 1 aliphatic rings. The van der Waals surface area contributed by atoms with Crippen LogP contribution < -0.4 is 14.9 Å². The van der Waals surface area contributed by atoms with Gasteiger partial charge in [-0.15, -0.1) is 15.3 Å². The van der Waals surface area contributed by atoms with Crippen LogP contribution in [-0.4, -0.2) is 12.4 Å². The molecule has 0 bridgehead atoms. The summed E-state index contributed by atoms with van der Waals surface area (Å²) in [5.41, 5.74) is 3.94. The molecule has 1 aliphatic heterocycles. The van der Waals surface area contributed by atoms with Gasteiger partial charge in [0.25, 0.3) is 5.84 Å². The van der Waals surface area contributed by atoms with Gasteiger partial charge in [-0.05, 0) is 30.3 Å². The summed E-state index contributed by atoms with van der Waals surface area (Å²) in [5, 5.41) is 21.1. The SMILES string of the molecule is N#C/C1=N/Nc2ccccc2OCC/C=C/Oc2ccccc2N=N1. The zero-order valence-electron chi connectivity index (χ0n) is 13.3. The Hall–Kier alpha value is -3.66. The number of hydrazone groups is 1. The van der Waals surface area contributed by atoms with Gasteiger partial charge in [-0.2, -0.15) is 5.26 Å². The number of anilines is 1. The van der Waals surface area contributed by atoms with Gasteiger partial charge in [-0.1, -0.05) is 24.3 Å². The van der Waals surface area contributed by atoms with Crippen molar-refractivity contribution in [3.63, 3.8) is 0 Å². The van der Waals surface area contributed by atoms with E-state index in [-0.39, 0.29) is 5.84 Å². The molecule has 3 rings (SSSR count). The molecule has 2 aromatic carbocycles. The Bertz CT molecular complexity index is 868. The van der Waals surface area contributed by atoms with E-state index in [1.807, 2.05) is 42.5 Å². The van der Waals surface area contributed by atoms with Crippen LogP contribution in [0, 0.1) is 11.3 Å². The lowest BCUT2D eigenvalue weighted by Gasteiger charge is -2.09. The van der Waals surface area contributed by atoms with E-state index in [4.69, 9.17) is 9.47 Å². The normalized spacial score (nSPS) is 17.5. The number of nitrogens with one attached hydrogen (secondary N) is 1. The van der Waals surface area contributed by atoms with Crippen LogP contribution in [0.15, 0.2) is 76.2 Å². The molecule has 0 aromatic heterocycles. The van der Waals surface area contributed by atoms with Crippen molar-refractivity contribution in [2.24, 2.45) is 15.3 Å². The monoisotopic (exact) mass is 333 g/mol. The predicted octanol–water partition coefficient (Wildman–Crippen LogP) is 4.39. The molecule has 7 heteroatoms. The van der Waals surface area contributed by atoms with Crippen LogP contribution in [0.25, 0.3) is 0 Å². The molecule has 2 aromatic rings. The van der Waals surface area contributed by atoms with Crippen LogP contribution >= 0.6 is 0 Å². The smallest absolute Gasteiger partial charge is 0.270 e. The molecule has 124 valence electrons. The Labute approximate surface area is 144 Å². The Balaban J connectivity index is 1.94. The fourth-order valence-corrected chi connectivity index (χ4v) is 2.03. The second kappa shape index (κ2) is 8.26. The molecule has 0 saturated carbocycles. The highest BCUT2D eigenvalue weighted by Gasteiger charge is 2.05. The van der Waals surface area contributed by atoms with Crippen molar-refractivity contribution in [3.8, 4) is 17.6 Å². The molecule has 0 fully saturated rings. The lowest BCUT2D eigenvalue weighted by atomic mass is 10.3. The van der Waals surface area contributed by atoms with Crippen molar-refractivity contribution in [1.82, 2.24) is 0 Å². The third kappa shape index (κ3) is 4.42. The highest BCUT2D eigenvalue weighted by molar-refractivity contribution is 5.97. The average molecular weight is 333 g/mol. The van der Waals surface area contributed by atoms with Gasteiger partial charge in [-0.25, -0.2) is 0 Å². The molecule has 0 saturated heterocycles. The number of azo groups is 1. The number of fused-ring (bicyclic) bond motifs is 2. The lowest BCUT2D eigenvalue weighted by Crippen LogP contribution is -2.01. The molecule has 0 unspecified atom stereocenters. The Morgan fingerprint density at radius 2 is 1.80 bits per heavy atom. The molecule has 0 atom stereocenters. The fraction of sp³-hybridized carbons (Fsp3) is 0.111. The van der Waals surface area contributed by atoms with Gasteiger partial charge in [-0.3, -0.25) is 5.43 Å². The van der Waals surface area contributed by atoms with Crippen molar-refractivity contribution < 1.29 is 9.47 Å². The van der Waals surface area contributed by atoms with Gasteiger partial charge in [0.05, 0.1) is 18.6 Å². The molecule has 0 aliphatic carbocycles. The zero-order valence-corrected chi connectivity index (χ0v) is 13.3. The number of nitrogens with zero attached hydrogens (tertiary/aromatic N) is 4. The van der Waals surface area contributed by atoms with Gasteiger partial charge in [0.15, 0.2) is 5.75 Å². The Morgan fingerprint density at radius 3 is 2.68 bits per heavy atom. The summed E-state index contributed by atoms with van der Waals surface area (Å²) >= 11 is 0. The number of rotatable bonds is 0. The first kappa shape index (κ1) is 16.2. The van der Waals surface area contributed by atoms with E-state index in [0.29, 0.717) is 35.9 Å². The second-order valence-corrected chi connectivity index (χ2v) is 4.95. The fourth-order valence-electron chi connectivity index (χ4n) is 2.03. The minimum absolute atomic E-state index is 0.116. The van der Waals surface area contributed by atoms with Crippen molar-refractivity contribution in [2.45, 2.75) is 6.42 Å². The third-order valence-electron chi connectivity index (χ3n) is 3.22. The number of nitriles is 1. The molecule has 1 heterocycles. The standard InChI is InChI=1S/C18H15N5O2/c19-13-18-22-20-14-7-1-3-9-16(14)24-11-5-6-12-25-17-10-4-2-8-15(17)21-23-18/h1-5,7-11,21H,6,12H2/b11-5+,22-20?,23-18-. The summed E-state index contributed by atoms with van der Waals surface area (Å²) in [7, 11) is 0. The summed E-state index contributed by atoms with van der Waals surface area (Å²) in [6.45, 7) is 0.476. The molecule has 0 amide bonds. The number of ether oxygens (including phenoxy) is 2.